The number of rotatable bonds is 4. The van der Waals surface area contributed by atoms with Gasteiger partial charge in [0.2, 0.25) is 11.6 Å². The molecule has 0 amide bonds. The topological polar surface area (TPSA) is 139 Å². The maximum absolute atomic E-state index is 13.9. The monoisotopic (exact) mass is 539 g/mol. The van der Waals surface area contributed by atoms with Crippen LogP contribution in [0.15, 0.2) is 73.1 Å². The van der Waals surface area contributed by atoms with E-state index in [2.05, 4.69) is 40.8 Å². The second kappa shape index (κ2) is 11.1. The molecular weight excluding hydrogens is 516 g/mol. The van der Waals surface area contributed by atoms with Crippen LogP contribution in [0.1, 0.15) is 5.56 Å². The molecule has 0 bridgehead atoms. The number of halogens is 2. The summed E-state index contributed by atoms with van der Waals surface area (Å²) in [6.07, 6.45) is 3.18. The van der Waals surface area contributed by atoms with Crippen LogP contribution in [-0.2, 0) is 14.1 Å². The molecule has 4 heterocycles. The summed E-state index contributed by atoms with van der Waals surface area (Å²) in [5.74, 6) is 0.245. The van der Waals surface area contributed by atoms with Gasteiger partial charge in [-0.1, -0.05) is 24.3 Å². The number of nitrogens with two attached hydrogens (primary N) is 1. The first-order valence-electron chi connectivity index (χ1n) is 12.0. The maximum atomic E-state index is 13.9. The van der Waals surface area contributed by atoms with Crippen LogP contribution < -0.4 is 5.73 Å². The van der Waals surface area contributed by atoms with E-state index in [4.69, 9.17) is 5.73 Å². The van der Waals surface area contributed by atoms with Crippen LogP contribution in [0.2, 0.25) is 0 Å². The first kappa shape index (κ1) is 26.2. The third kappa shape index (κ3) is 5.83. The third-order valence-electron chi connectivity index (χ3n) is 5.74. The summed E-state index contributed by atoms with van der Waals surface area (Å²) >= 11 is 0. The third-order valence-corrected chi connectivity index (χ3v) is 5.74. The summed E-state index contributed by atoms with van der Waals surface area (Å²) in [7, 11) is 3.36. The Kier molecular flexibility index (Phi) is 7.27. The molecule has 6 aromatic rings. The standard InChI is InChI=1S/C14H12FN5.C13H11FN6/c1-9-3-5-11(12(15)7-9)10-4-6-13(16-8-10)14-17-19-20(2)18-14;1-20-18-13(17-19-20)12-5-2-8(7-16-12)10-4-3-9(15)6-11(10)14/h3-8H,1-2H3;2-7H,15H2,1H3. The van der Waals surface area contributed by atoms with Crippen LogP contribution >= 0.6 is 0 Å². The predicted molar refractivity (Wildman–Crippen MR) is 144 cm³/mol. The molecule has 0 saturated carbocycles. The van der Waals surface area contributed by atoms with E-state index >= 15 is 0 Å². The molecule has 11 nitrogen and oxygen atoms in total. The van der Waals surface area contributed by atoms with Gasteiger partial charge in [0.25, 0.3) is 0 Å². The van der Waals surface area contributed by atoms with Crippen LogP contribution in [0.3, 0.4) is 0 Å². The van der Waals surface area contributed by atoms with Crippen molar-refractivity contribution < 1.29 is 8.78 Å². The van der Waals surface area contributed by atoms with Crippen LogP contribution in [0.5, 0.6) is 0 Å². The van der Waals surface area contributed by atoms with Crippen LogP contribution in [0.4, 0.5) is 14.5 Å². The fraction of sp³-hybridized carbons (Fsp3) is 0.111. The summed E-state index contributed by atoms with van der Waals surface area (Å²) in [6.45, 7) is 1.86. The van der Waals surface area contributed by atoms with Gasteiger partial charge in [-0.3, -0.25) is 9.97 Å². The first-order chi connectivity index (χ1) is 19.3. The van der Waals surface area contributed by atoms with Gasteiger partial charge in [0.1, 0.15) is 23.0 Å². The number of anilines is 1. The molecule has 2 aromatic carbocycles. The molecule has 0 fully saturated rings. The molecule has 0 aliphatic carbocycles. The van der Waals surface area contributed by atoms with E-state index < -0.39 is 0 Å². The minimum Gasteiger partial charge on any atom is -0.399 e. The van der Waals surface area contributed by atoms with Gasteiger partial charge in [0.05, 0.1) is 14.1 Å². The van der Waals surface area contributed by atoms with Gasteiger partial charge in [-0.2, -0.15) is 9.59 Å². The van der Waals surface area contributed by atoms with E-state index in [9.17, 15) is 8.78 Å². The minimum absolute atomic E-state index is 0.253. The number of hydrogen-bond acceptors (Lipinski definition) is 9. The number of tetrazole rings is 2. The highest BCUT2D eigenvalue weighted by Gasteiger charge is 2.10. The summed E-state index contributed by atoms with van der Waals surface area (Å²) in [5, 5.41) is 23.4. The fourth-order valence-corrected chi connectivity index (χ4v) is 3.76. The number of aryl methyl sites for hydroxylation is 3. The smallest absolute Gasteiger partial charge is 0.223 e. The van der Waals surface area contributed by atoms with Crippen LogP contribution in [0.25, 0.3) is 45.3 Å². The number of benzene rings is 2. The molecule has 0 unspecified atom stereocenters. The molecule has 0 aliphatic rings. The highest BCUT2D eigenvalue weighted by Crippen LogP contribution is 2.26. The highest BCUT2D eigenvalue weighted by molar-refractivity contribution is 5.67. The summed E-state index contributed by atoms with van der Waals surface area (Å²) < 4.78 is 27.7. The normalized spacial score (nSPS) is 10.7. The Morgan fingerprint density at radius 2 is 1.15 bits per heavy atom. The molecule has 0 spiro atoms. The van der Waals surface area contributed by atoms with Gasteiger partial charge < -0.3 is 5.73 Å². The number of nitrogens with zero attached hydrogens (tertiary/aromatic N) is 10. The van der Waals surface area contributed by atoms with Gasteiger partial charge in [0, 0.05) is 40.3 Å². The first-order valence-corrected chi connectivity index (χ1v) is 12.0. The molecule has 0 atom stereocenters. The minimum atomic E-state index is -0.378. The predicted octanol–water partition coefficient (Wildman–Crippen LogP) is 4.05. The van der Waals surface area contributed by atoms with E-state index in [0.29, 0.717) is 45.4 Å². The van der Waals surface area contributed by atoms with Crippen molar-refractivity contribution in [3.05, 3.63) is 90.3 Å². The summed E-state index contributed by atoms with van der Waals surface area (Å²) in [4.78, 5) is 11.2. The number of nitrogen functional groups attached to an aromatic ring is 1. The molecule has 0 radical (unpaired) electrons. The van der Waals surface area contributed by atoms with Crippen LogP contribution in [-0.4, -0.2) is 50.4 Å². The van der Waals surface area contributed by atoms with Gasteiger partial charge >= 0.3 is 0 Å². The Bertz CT molecular complexity index is 1630. The lowest BCUT2D eigenvalue weighted by Gasteiger charge is -2.04. The molecule has 6 rings (SSSR count). The highest BCUT2D eigenvalue weighted by atomic mass is 19.1. The van der Waals surface area contributed by atoms with E-state index in [1.54, 1.807) is 69.0 Å². The quantitative estimate of drug-likeness (QED) is 0.329. The van der Waals surface area contributed by atoms with Gasteiger partial charge in [-0.15, -0.1) is 20.4 Å². The molecule has 0 aliphatic heterocycles. The van der Waals surface area contributed by atoms with Crippen molar-refractivity contribution in [3.63, 3.8) is 0 Å². The SMILES string of the molecule is Cc1ccc(-c2ccc(-c3nnn(C)n3)nc2)c(F)c1.Cn1nnc(-c2ccc(-c3ccc(N)cc3F)cn2)n1. The zero-order chi connectivity index (χ0) is 28.2. The number of pyridine rings is 2. The Labute approximate surface area is 227 Å². The lowest BCUT2D eigenvalue weighted by molar-refractivity contribution is 0.630. The zero-order valence-electron chi connectivity index (χ0n) is 21.7. The van der Waals surface area contributed by atoms with Crippen molar-refractivity contribution in [2.45, 2.75) is 6.92 Å². The van der Waals surface area contributed by atoms with Crippen molar-refractivity contribution in [3.8, 4) is 45.3 Å². The van der Waals surface area contributed by atoms with E-state index in [1.165, 1.54) is 21.7 Å². The van der Waals surface area contributed by atoms with Gasteiger partial charge in [0.15, 0.2) is 0 Å². The molecule has 200 valence electrons. The number of hydrogen-bond donors (Lipinski definition) is 1. The Morgan fingerprint density at radius 1 is 0.650 bits per heavy atom. The maximum Gasteiger partial charge on any atom is 0.223 e. The van der Waals surface area contributed by atoms with Crippen molar-refractivity contribution >= 4 is 5.69 Å². The fourth-order valence-electron chi connectivity index (χ4n) is 3.76. The molecule has 2 N–H and O–H groups in total. The largest absolute Gasteiger partial charge is 0.399 e. The van der Waals surface area contributed by atoms with Crippen molar-refractivity contribution in [2.24, 2.45) is 14.1 Å². The molecular formula is C27H23F2N11. The average molecular weight is 540 g/mol. The van der Waals surface area contributed by atoms with Crippen molar-refractivity contribution in [2.75, 3.05) is 5.73 Å². The lowest BCUT2D eigenvalue weighted by atomic mass is 10.0. The summed E-state index contributed by atoms with van der Waals surface area (Å²) in [5.41, 5.74) is 10.3. The van der Waals surface area contributed by atoms with E-state index in [-0.39, 0.29) is 11.6 Å². The number of aromatic nitrogens is 10. The van der Waals surface area contributed by atoms with E-state index in [1.807, 2.05) is 13.0 Å². The molecule has 40 heavy (non-hydrogen) atoms. The average Bonchev–Trinajstić information content (AvgIpc) is 3.58. The molecule has 0 saturated heterocycles. The van der Waals surface area contributed by atoms with Crippen molar-refractivity contribution in [1.29, 1.82) is 0 Å². The molecule has 13 heteroatoms. The second-order valence-corrected chi connectivity index (χ2v) is 8.79. The summed E-state index contributed by atoms with van der Waals surface area (Å²) in [6, 6.07) is 16.7. The van der Waals surface area contributed by atoms with E-state index in [0.717, 1.165) is 11.1 Å². The zero-order valence-corrected chi connectivity index (χ0v) is 21.7. The van der Waals surface area contributed by atoms with Gasteiger partial charge in [-0.05, 0) is 59.3 Å². The van der Waals surface area contributed by atoms with Crippen molar-refractivity contribution in [1.82, 2.24) is 50.4 Å². The van der Waals surface area contributed by atoms with Gasteiger partial charge in [-0.25, -0.2) is 8.78 Å². The Hall–Kier alpha value is -5.46. The van der Waals surface area contributed by atoms with Crippen LogP contribution in [0, 0.1) is 18.6 Å². The Morgan fingerprint density at radius 3 is 1.55 bits per heavy atom. The Balaban J connectivity index is 0.000000161. The molecule has 4 aromatic heterocycles. The second-order valence-electron chi connectivity index (χ2n) is 8.79. The lowest BCUT2D eigenvalue weighted by Crippen LogP contribution is -1.93.